The molecule has 1 saturated heterocycles. The van der Waals surface area contributed by atoms with Crippen molar-refractivity contribution >= 4 is 22.4 Å². The molecule has 1 aromatic carbocycles. The van der Waals surface area contributed by atoms with E-state index in [4.69, 9.17) is 5.73 Å². The number of aryl methyl sites for hydroxylation is 1. The van der Waals surface area contributed by atoms with Crippen LogP contribution < -0.4 is 5.73 Å². The molecule has 1 heterocycles. The van der Waals surface area contributed by atoms with Crippen molar-refractivity contribution in [2.45, 2.75) is 18.9 Å². The maximum absolute atomic E-state index is 12.0. The number of benzene rings is 1. The Morgan fingerprint density at radius 1 is 1.28 bits per heavy atom. The summed E-state index contributed by atoms with van der Waals surface area (Å²) in [4.78, 5) is 0. The Morgan fingerprint density at radius 3 is 2.50 bits per heavy atom. The van der Waals surface area contributed by atoms with Gasteiger partial charge in [-0.2, -0.15) is 0 Å². The molecule has 4 nitrogen and oxygen atoms in total. The predicted octanol–water partition coefficient (Wildman–Crippen LogP) is 1.01. The minimum absolute atomic E-state index is 0. The fraction of sp³-hybridized carbons (Fsp3) is 0.500. The van der Waals surface area contributed by atoms with Gasteiger partial charge in [0, 0.05) is 19.1 Å². The van der Waals surface area contributed by atoms with E-state index < -0.39 is 10.0 Å². The van der Waals surface area contributed by atoms with Gasteiger partial charge in [0.15, 0.2) is 0 Å². The smallest absolute Gasteiger partial charge is 0.214 e. The van der Waals surface area contributed by atoms with Crippen LogP contribution in [0.2, 0.25) is 0 Å². The van der Waals surface area contributed by atoms with E-state index in [9.17, 15) is 8.42 Å². The highest BCUT2D eigenvalue weighted by Gasteiger charge is 2.28. The third-order valence-corrected chi connectivity index (χ3v) is 4.91. The van der Waals surface area contributed by atoms with E-state index in [1.165, 1.54) is 4.31 Å². The number of nitrogens with two attached hydrogens (primary N) is 1. The van der Waals surface area contributed by atoms with E-state index in [1.807, 2.05) is 30.3 Å². The van der Waals surface area contributed by atoms with Crippen molar-refractivity contribution in [3.05, 3.63) is 35.9 Å². The van der Waals surface area contributed by atoms with Crippen LogP contribution in [0, 0.1) is 0 Å². The molecule has 0 radical (unpaired) electrons. The summed E-state index contributed by atoms with van der Waals surface area (Å²) in [6.45, 7) is 1.04. The summed E-state index contributed by atoms with van der Waals surface area (Å²) in [6.07, 6.45) is 1.33. The molecule has 0 amide bonds. The van der Waals surface area contributed by atoms with Crippen LogP contribution in [0.15, 0.2) is 30.3 Å². The van der Waals surface area contributed by atoms with E-state index in [1.54, 1.807) is 0 Å². The number of rotatable bonds is 4. The first kappa shape index (κ1) is 15.4. The molecular formula is C12H19ClN2O2S. The molecule has 2 N–H and O–H groups in total. The second-order valence-electron chi connectivity index (χ2n) is 4.46. The van der Waals surface area contributed by atoms with Crippen LogP contribution in [-0.2, 0) is 16.4 Å². The van der Waals surface area contributed by atoms with E-state index in [-0.39, 0.29) is 24.2 Å². The molecular weight excluding hydrogens is 272 g/mol. The van der Waals surface area contributed by atoms with Gasteiger partial charge in [-0.25, -0.2) is 12.7 Å². The van der Waals surface area contributed by atoms with Gasteiger partial charge < -0.3 is 5.73 Å². The third-order valence-electron chi connectivity index (χ3n) is 3.07. The number of sulfonamides is 1. The highest BCUT2D eigenvalue weighted by Crippen LogP contribution is 2.14. The third kappa shape index (κ3) is 3.95. The van der Waals surface area contributed by atoms with Gasteiger partial charge in [-0.15, -0.1) is 12.4 Å². The van der Waals surface area contributed by atoms with Crippen molar-refractivity contribution in [1.82, 2.24) is 4.31 Å². The average molecular weight is 291 g/mol. The first-order valence-corrected chi connectivity index (χ1v) is 7.46. The van der Waals surface area contributed by atoms with E-state index in [2.05, 4.69) is 0 Å². The molecule has 18 heavy (non-hydrogen) atoms. The van der Waals surface area contributed by atoms with Crippen LogP contribution in [0.4, 0.5) is 0 Å². The second kappa shape index (κ2) is 6.52. The molecule has 1 unspecified atom stereocenters. The molecule has 0 spiro atoms. The first-order chi connectivity index (χ1) is 8.08. The minimum atomic E-state index is -3.14. The minimum Gasteiger partial charge on any atom is -0.326 e. The fourth-order valence-electron chi connectivity index (χ4n) is 2.03. The molecule has 1 aliphatic rings. The average Bonchev–Trinajstić information content (AvgIpc) is 2.76. The number of halogens is 1. The van der Waals surface area contributed by atoms with Crippen molar-refractivity contribution in [3.8, 4) is 0 Å². The van der Waals surface area contributed by atoms with E-state index in [0.29, 0.717) is 19.5 Å². The number of hydrogen-bond acceptors (Lipinski definition) is 3. The monoisotopic (exact) mass is 290 g/mol. The van der Waals surface area contributed by atoms with Crippen molar-refractivity contribution < 1.29 is 8.42 Å². The van der Waals surface area contributed by atoms with Gasteiger partial charge in [-0.1, -0.05) is 30.3 Å². The quantitative estimate of drug-likeness (QED) is 0.900. The zero-order chi connectivity index (χ0) is 12.3. The van der Waals surface area contributed by atoms with Crippen molar-refractivity contribution in [1.29, 1.82) is 0 Å². The van der Waals surface area contributed by atoms with Gasteiger partial charge in [0.25, 0.3) is 0 Å². The van der Waals surface area contributed by atoms with Crippen molar-refractivity contribution in [2.24, 2.45) is 5.73 Å². The maximum Gasteiger partial charge on any atom is 0.214 e. The van der Waals surface area contributed by atoms with Crippen LogP contribution in [0.25, 0.3) is 0 Å². The zero-order valence-electron chi connectivity index (χ0n) is 10.2. The van der Waals surface area contributed by atoms with Gasteiger partial charge in [-0.3, -0.25) is 0 Å². The molecule has 1 aromatic rings. The van der Waals surface area contributed by atoms with Gasteiger partial charge >= 0.3 is 0 Å². The topological polar surface area (TPSA) is 63.4 Å². The molecule has 1 atom stereocenters. The van der Waals surface area contributed by atoms with E-state index in [0.717, 1.165) is 12.0 Å². The molecule has 0 saturated carbocycles. The summed E-state index contributed by atoms with van der Waals surface area (Å²) in [7, 11) is -3.14. The molecule has 102 valence electrons. The summed E-state index contributed by atoms with van der Waals surface area (Å²) in [6, 6.07) is 9.68. The standard InChI is InChI=1S/C12H18N2O2S.ClH/c13-12-6-8-14(10-12)17(15,16)9-7-11-4-2-1-3-5-11;/h1-5,12H,6-10,13H2;1H. The van der Waals surface area contributed by atoms with Crippen molar-refractivity contribution in [3.63, 3.8) is 0 Å². The summed E-state index contributed by atoms with van der Waals surface area (Å²) in [5.41, 5.74) is 6.78. The van der Waals surface area contributed by atoms with Gasteiger partial charge in [-0.05, 0) is 18.4 Å². The normalized spacial score (nSPS) is 20.6. The molecule has 1 fully saturated rings. The molecule has 0 bridgehead atoms. The van der Waals surface area contributed by atoms with Gasteiger partial charge in [0.2, 0.25) is 10.0 Å². The highest BCUT2D eigenvalue weighted by atomic mass is 35.5. The first-order valence-electron chi connectivity index (χ1n) is 5.85. The van der Waals surface area contributed by atoms with Crippen LogP contribution in [-0.4, -0.2) is 37.6 Å². The summed E-state index contributed by atoms with van der Waals surface area (Å²) < 4.78 is 25.6. The number of nitrogens with zero attached hydrogens (tertiary/aromatic N) is 1. The molecule has 0 aromatic heterocycles. The number of hydrogen-bond donors (Lipinski definition) is 1. The summed E-state index contributed by atoms with van der Waals surface area (Å²) >= 11 is 0. The van der Waals surface area contributed by atoms with Crippen LogP contribution >= 0.6 is 12.4 Å². The molecule has 1 aliphatic heterocycles. The van der Waals surface area contributed by atoms with E-state index >= 15 is 0 Å². The van der Waals surface area contributed by atoms with Crippen LogP contribution in [0.5, 0.6) is 0 Å². The fourth-order valence-corrected chi connectivity index (χ4v) is 3.58. The van der Waals surface area contributed by atoms with Crippen molar-refractivity contribution in [2.75, 3.05) is 18.8 Å². The predicted molar refractivity (Wildman–Crippen MR) is 75.3 cm³/mol. The largest absolute Gasteiger partial charge is 0.326 e. The lowest BCUT2D eigenvalue weighted by molar-refractivity contribution is 0.472. The second-order valence-corrected chi connectivity index (χ2v) is 6.55. The Morgan fingerprint density at radius 2 is 1.94 bits per heavy atom. The Labute approximate surface area is 115 Å². The summed E-state index contributed by atoms with van der Waals surface area (Å²) in [5.74, 6) is 0.170. The van der Waals surface area contributed by atoms with Crippen LogP contribution in [0.1, 0.15) is 12.0 Å². The SMILES string of the molecule is Cl.NC1CCN(S(=O)(=O)CCc2ccccc2)C1. The van der Waals surface area contributed by atoms with Gasteiger partial charge in [0.1, 0.15) is 0 Å². The molecule has 6 heteroatoms. The highest BCUT2D eigenvalue weighted by molar-refractivity contribution is 7.89. The maximum atomic E-state index is 12.0. The lowest BCUT2D eigenvalue weighted by atomic mass is 10.2. The Bertz CT molecular complexity index is 464. The molecule has 0 aliphatic carbocycles. The van der Waals surface area contributed by atoms with Crippen LogP contribution in [0.3, 0.4) is 0 Å². The van der Waals surface area contributed by atoms with Gasteiger partial charge in [0.05, 0.1) is 5.75 Å². The Balaban J connectivity index is 0.00000162. The Hall–Kier alpha value is -0.620. The molecule has 2 rings (SSSR count). The Kier molecular flexibility index (Phi) is 5.59. The lowest BCUT2D eigenvalue weighted by Crippen LogP contribution is -2.34. The zero-order valence-corrected chi connectivity index (χ0v) is 11.8. The lowest BCUT2D eigenvalue weighted by Gasteiger charge is -2.15. The summed E-state index contributed by atoms with van der Waals surface area (Å²) in [5, 5.41) is 0.